The molecule has 0 amide bonds. The summed E-state index contributed by atoms with van der Waals surface area (Å²) in [6.45, 7) is 4.10. The van der Waals surface area contributed by atoms with Crippen molar-refractivity contribution in [1.82, 2.24) is 0 Å². The van der Waals surface area contributed by atoms with Crippen LogP contribution in [0.5, 0.6) is 11.5 Å². The molecule has 1 rings (SSSR count). The quantitative estimate of drug-likeness (QED) is 0.719. The van der Waals surface area contributed by atoms with E-state index in [9.17, 15) is 5.11 Å². The molecule has 4 heteroatoms. The largest absolute Gasteiger partial charge is 0.504 e. The fraction of sp³-hybridized carbons (Fsp3) is 0.400. The van der Waals surface area contributed by atoms with Crippen LogP contribution in [-0.4, -0.2) is 12.2 Å². The first kappa shape index (κ1) is 10.8. The number of hydrogen-bond acceptors (Lipinski definition) is 4. The second-order valence-corrected chi connectivity index (χ2v) is 3.15. The van der Waals surface area contributed by atoms with Gasteiger partial charge >= 0.3 is 0 Å². The highest BCUT2D eigenvalue weighted by Crippen LogP contribution is 2.34. The van der Waals surface area contributed by atoms with E-state index in [4.69, 9.17) is 10.6 Å². The monoisotopic (exact) mass is 197 g/mol. The Morgan fingerprint density at radius 3 is 2.50 bits per heavy atom. The number of phenolic OH excluding ortho intramolecular Hbond substituents is 1. The lowest BCUT2D eigenvalue weighted by atomic mass is 10.0. The minimum Gasteiger partial charge on any atom is -0.504 e. The van der Waals surface area contributed by atoms with Crippen LogP contribution in [0.1, 0.15) is 16.7 Å². The molecule has 3 N–H and O–H groups in total. The minimum atomic E-state index is 0.114. The Morgan fingerprint density at radius 2 is 2.00 bits per heavy atom. The number of nitrogens with two attached hydrogens (primary N) is 1. The number of rotatable bonds is 3. The molecule has 0 fully saturated rings. The molecular formula is C10H15NO3. The first-order valence-electron chi connectivity index (χ1n) is 4.29. The smallest absolute Gasteiger partial charge is 0.163 e. The molecule has 0 aliphatic rings. The fourth-order valence-electron chi connectivity index (χ4n) is 1.44. The minimum absolute atomic E-state index is 0.114. The first-order chi connectivity index (χ1) is 6.61. The maximum atomic E-state index is 9.60. The Labute approximate surface area is 83.2 Å². The molecule has 1 aromatic rings. The van der Waals surface area contributed by atoms with E-state index in [0.29, 0.717) is 5.75 Å². The van der Waals surface area contributed by atoms with Gasteiger partial charge in [-0.25, -0.2) is 5.90 Å². The third-order valence-corrected chi connectivity index (χ3v) is 2.37. The molecule has 4 nitrogen and oxygen atoms in total. The molecule has 78 valence electrons. The lowest BCUT2D eigenvalue weighted by Crippen LogP contribution is -2.03. The van der Waals surface area contributed by atoms with Gasteiger partial charge in [0.05, 0.1) is 13.7 Å². The lowest BCUT2D eigenvalue weighted by Gasteiger charge is -2.13. The molecule has 14 heavy (non-hydrogen) atoms. The Bertz CT molecular complexity index is 337. The van der Waals surface area contributed by atoms with Crippen LogP contribution in [0, 0.1) is 13.8 Å². The summed E-state index contributed by atoms with van der Waals surface area (Å²) in [4.78, 5) is 4.54. The average Bonchev–Trinajstić information content (AvgIpc) is 2.15. The number of aromatic hydroxyl groups is 1. The predicted molar refractivity (Wildman–Crippen MR) is 53.1 cm³/mol. The Hall–Kier alpha value is -1.26. The third kappa shape index (κ3) is 1.81. The molecule has 0 spiro atoms. The molecular weight excluding hydrogens is 182 g/mol. The maximum Gasteiger partial charge on any atom is 0.163 e. The number of phenols is 1. The number of methoxy groups -OCH3 is 1. The summed E-state index contributed by atoms with van der Waals surface area (Å²) in [5.74, 6) is 5.60. The van der Waals surface area contributed by atoms with Crippen molar-refractivity contribution in [1.29, 1.82) is 0 Å². The van der Waals surface area contributed by atoms with Crippen LogP contribution in [-0.2, 0) is 11.4 Å². The third-order valence-electron chi connectivity index (χ3n) is 2.37. The van der Waals surface area contributed by atoms with Gasteiger partial charge in [-0.1, -0.05) is 0 Å². The van der Waals surface area contributed by atoms with E-state index in [2.05, 4.69) is 4.84 Å². The Balaban J connectivity index is 3.25. The van der Waals surface area contributed by atoms with Crippen molar-refractivity contribution >= 4 is 0 Å². The fourth-order valence-corrected chi connectivity index (χ4v) is 1.44. The van der Waals surface area contributed by atoms with Crippen molar-refractivity contribution in [2.75, 3.05) is 7.11 Å². The SMILES string of the molecule is COc1c(O)cc(CON)c(C)c1C. The zero-order chi connectivity index (χ0) is 10.7. The number of hydrogen-bond donors (Lipinski definition) is 2. The normalized spacial score (nSPS) is 10.3. The van der Waals surface area contributed by atoms with Gasteiger partial charge in [0.15, 0.2) is 11.5 Å². The summed E-state index contributed by atoms with van der Waals surface area (Å²) in [6, 6.07) is 1.61. The molecule has 0 aliphatic carbocycles. The zero-order valence-electron chi connectivity index (χ0n) is 8.63. The molecule has 0 atom stereocenters. The molecule has 0 radical (unpaired) electrons. The zero-order valence-corrected chi connectivity index (χ0v) is 8.63. The van der Waals surface area contributed by atoms with Gasteiger partial charge in [-0.05, 0) is 36.6 Å². The molecule has 0 bridgehead atoms. The van der Waals surface area contributed by atoms with E-state index in [-0.39, 0.29) is 12.4 Å². The van der Waals surface area contributed by atoms with Gasteiger partial charge in [-0.3, -0.25) is 4.84 Å². The Kier molecular flexibility index (Phi) is 3.33. The summed E-state index contributed by atoms with van der Waals surface area (Å²) in [5.41, 5.74) is 2.79. The molecule has 0 saturated heterocycles. The van der Waals surface area contributed by atoms with Crippen molar-refractivity contribution < 1.29 is 14.7 Å². The molecule has 0 aliphatic heterocycles. The second-order valence-electron chi connectivity index (χ2n) is 3.15. The van der Waals surface area contributed by atoms with Crippen molar-refractivity contribution in [3.63, 3.8) is 0 Å². The summed E-state index contributed by atoms with van der Waals surface area (Å²) in [7, 11) is 1.53. The first-order valence-corrected chi connectivity index (χ1v) is 4.29. The number of benzene rings is 1. The van der Waals surface area contributed by atoms with Crippen LogP contribution >= 0.6 is 0 Å². The van der Waals surface area contributed by atoms with E-state index >= 15 is 0 Å². The average molecular weight is 197 g/mol. The highest BCUT2D eigenvalue weighted by atomic mass is 16.6. The highest BCUT2D eigenvalue weighted by molar-refractivity contribution is 5.52. The maximum absolute atomic E-state index is 9.60. The predicted octanol–water partition coefficient (Wildman–Crippen LogP) is 1.41. The van der Waals surface area contributed by atoms with Crippen molar-refractivity contribution in [2.24, 2.45) is 5.90 Å². The van der Waals surface area contributed by atoms with Gasteiger partial charge < -0.3 is 9.84 Å². The van der Waals surface area contributed by atoms with E-state index in [0.717, 1.165) is 16.7 Å². The molecule has 0 heterocycles. The van der Waals surface area contributed by atoms with Crippen LogP contribution in [0.15, 0.2) is 6.07 Å². The lowest BCUT2D eigenvalue weighted by molar-refractivity contribution is 0.123. The van der Waals surface area contributed by atoms with Crippen LogP contribution < -0.4 is 10.6 Å². The molecule has 0 aromatic heterocycles. The molecule has 0 unspecified atom stereocenters. The van der Waals surface area contributed by atoms with Gasteiger partial charge in [-0.2, -0.15) is 0 Å². The topological polar surface area (TPSA) is 64.7 Å². The van der Waals surface area contributed by atoms with Crippen molar-refractivity contribution in [3.8, 4) is 11.5 Å². The van der Waals surface area contributed by atoms with Crippen molar-refractivity contribution in [3.05, 3.63) is 22.8 Å². The van der Waals surface area contributed by atoms with Gasteiger partial charge in [0.2, 0.25) is 0 Å². The van der Waals surface area contributed by atoms with Crippen LogP contribution in [0.4, 0.5) is 0 Å². The highest BCUT2D eigenvalue weighted by Gasteiger charge is 2.12. The summed E-state index contributed by atoms with van der Waals surface area (Å²) in [6.07, 6.45) is 0. The van der Waals surface area contributed by atoms with Gasteiger partial charge in [0.1, 0.15) is 0 Å². The van der Waals surface area contributed by atoms with E-state index in [1.807, 2.05) is 13.8 Å². The van der Waals surface area contributed by atoms with Crippen LogP contribution in [0.3, 0.4) is 0 Å². The van der Waals surface area contributed by atoms with Gasteiger partial charge in [0, 0.05) is 0 Å². The summed E-state index contributed by atoms with van der Waals surface area (Å²) >= 11 is 0. The standard InChI is InChI=1S/C10H15NO3/c1-6-7(2)10(13-3)9(12)4-8(6)5-14-11/h4,12H,5,11H2,1-3H3. The van der Waals surface area contributed by atoms with Gasteiger partial charge in [0.25, 0.3) is 0 Å². The van der Waals surface area contributed by atoms with Crippen LogP contribution in [0.25, 0.3) is 0 Å². The molecule has 0 saturated carbocycles. The van der Waals surface area contributed by atoms with Crippen molar-refractivity contribution in [2.45, 2.75) is 20.5 Å². The second kappa shape index (κ2) is 4.30. The summed E-state index contributed by atoms with van der Waals surface area (Å²) in [5, 5.41) is 9.60. The number of ether oxygens (including phenoxy) is 1. The Morgan fingerprint density at radius 1 is 1.36 bits per heavy atom. The van der Waals surface area contributed by atoms with E-state index in [1.165, 1.54) is 7.11 Å². The van der Waals surface area contributed by atoms with E-state index in [1.54, 1.807) is 6.07 Å². The summed E-state index contributed by atoms with van der Waals surface area (Å²) < 4.78 is 5.07. The van der Waals surface area contributed by atoms with Crippen LogP contribution in [0.2, 0.25) is 0 Å². The molecule has 1 aromatic carbocycles. The van der Waals surface area contributed by atoms with Gasteiger partial charge in [-0.15, -0.1) is 0 Å². The van der Waals surface area contributed by atoms with E-state index < -0.39 is 0 Å².